The molecule has 10 heteroatoms. The van der Waals surface area contributed by atoms with Crippen LogP contribution >= 0.6 is 0 Å². The van der Waals surface area contributed by atoms with Crippen molar-refractivity contribution in [2.45, 2.75) is 63.6 Å². The molecule has 2 unspecified atom stereocenters. The number of aromatic nitrogens is 4. The van der Waals surface area contributed by atoms with Crippen LogP contribution in [-0.2, 0) is 4.74 Å². The van der Waals surface area contributed by atoms with Gasteiger partial charge in [-0.2, -0.15) is 15.3 Å². The Morgan fingerprint density at radius 1 is 1.19 bits per heavy atom. The highest BCUT2D eigenvalue weighted by molar-refractivity contribution is 5.92. The number of ether oxygens (including phenoxy) is 2. The van der Waals surface area contributed by atoms with Crippen molar-refractivity contribution < 1.29 is 9.47 Å². The van der Waals surface area contributed by atoms with Crippen LogP contribution in [0.4, 0.5) is 17.6 Å². The molecular weight excluding hydrogens is 468 g/mol. The largest absolute Gasteiger partial charge is 0.493 e. The third-order valence-corrected chi connectivity index (χ3v) is 7.75. The molecule has 3 saturated heterocycles. The summed E-state index contributed by atoms with van der Waals surface area (Å²) in [4.78, 5) is 12.4. The fourth-order valence-corrected chi connectivity index (χ4v) is 5.88. The van der Waals surface area contributed by atoms with E-state index in [0.717, 1.165) is 54.9 Å². The number of fused-ring (bicyclic) bond motifs is 3. The summed E-state index contributed by atoms with van der Waals surface area (Å²) in [6.45, 7) is 5.01. The number of piperidine rings is 2. The number of hydrogen-bond acceptors (Lipinski definition) is 9. The molecular formula is C27H34N8O2. The zero-order valence-electron chi connectivity index (χ0n) is 21.2. The smallest absolute Gasteiger partial charge is 0.225 e. The predicted octanol–water partition coefficient (Wildman–Crippen LogP) is 4.14. The van der Waals surface area contributed by atoms with Crippen LogP contribution in [0, 0.1) is 24.2 Å². The molecule has 3 aliphatic heterocycles. The van der Waals surface area contributed by atoms with E-state index in [1.54, 1.807) is 0 Å². The molecule has 6 rings (SSSR count). The molecule has 2 aromatic heterocycles. The Morgan fingerprint density at radius 2 is 2.03 bits per heavy atom. The van der Waals surface area contributed by atoms with Gasteiger partial charge in [-0.3, -0.25) is 10.00 Å². The van der Waals surface area contributed by atoms with Crippen molar-refractivity contribution in [3.63, 3.8) is 0 Å². The number of benzene rings is 1. The van der Waals surface area contributed by atoms with E-state index < -0.39 is 0 Å². The van der Waals surface area contributed by atoms with E-state index in [1.807, 2.05) is 31.2 Å². The van der Waals surface area contributed by atoms with Crippen LogP contribution in [0.5, 0.6) is 5.75 Å². The third kappa shape index (κ3) is 5.33. The number of rotatable bonds is 9. The summed E-state index contributed by atoms with van der Waals surface area (Å²) in [6, 6.07) is 11.6. The van der Waals surface area contributed by atoms with Crippen LogP contribution in [0.2, 0.25) is 0 Å². The van der Waals surface area contributed by atoms with Gasteiger partial charge in [0, 0.05) is 60.2 Å². The average Bonchev–Trinajstić information content (AvgIpc) is 3.26. The normalized spacial score (nSPS) is 23.8. The lowest BCUT2D eigenvalue weighted by atomic mass is 9.81. The van der Waals surface area contributed by atoms with Crippen molar-refractivity contribution in [3.8, 4) is 11.8 Å². The molecule has 3 fully saturated rings. The SMILES string of the molecule is Cc1cc(Nc2nc(NC3CC4CCCC(C3)N4CCC#N)nc3cc(OCC4COC4)ccc23)n[nH]1. The first-order valence-electron chi connectivity index (χ1n) is 13.3. The summed E-state index contributed by atoms with van der Waals surface area (Å²) < 4.78 is 11.3. The van der Waals surface area contributed by atoms with E-state index in [2.05, 4.69) is 31.8 Å². The maximum absolute atomic E-state index is 9.09. The van der Waals surface area contributed by atoms with Gasteiger partial charge >= 0.3 is 0 Å². The Bertz CT molecular complexity index is 1270. The highest BCUT2D eigenvalue weighted by atomic mass is 16.5. The van der Waals surface area contributed by atoms with Crippen LogP contribution in [0.3, 0.4) is 0 Å². The van der Waals surface area contributed by atoms with Crippen LogP contribution < -0.4 is 15.4 Å². The van der Waals surface area contributed by atoms with Gasteiger partial charge in [0.05, 0.1) is 31.4 Å². The molecule has 3 aliphatic rings. The minimum absolute atomic E-state index is 0.296. The van der Waals surface area contributed by atoms with Gasteiger partial charge in [0.1, 0.15) is 11.6 Å². The number of hydrogen-bond donors (Lipinski definition) is 3. The van der Waals surface area contributed by atoms with E-state index in [1.165, 1.54) is 19.3 Å². The van der Waals surface area contributed by atoms with Crippen molar-refractivity contribution in [1.82, 2.24) is 25.1 Å². The molecule has 2 bridgehead atoms. The van der Waals surface area contributed by atoms with Crippen molar-refractivity contribution in [3.05, 3.63) is 30.0 Å². The Hall–Kier alpha value is -3.42. The van der Waals surface area contributed by atoms with Gasteiger partial charge in [-0.05, 0) is 44.7 Å². The maximum atomic E-state index is 9.09. The second kappa shape index (κ2) is 10.5. The first-order valence-corrected chi connectivity index (χ1v) is 13.3. The molecule has 5 heterocycles. The second-order valence-electron chi connectivity index (χ2n) is 10.5. The van der Waals surface area contributed by atoms with Crippen molar-refractivity contribution in [2.75, 3.05) is 37.0 Å². The molecule has 0 saturated carbocycles. The van der Waals surface area contributed by atoms with E-state index in [4.69, 9.17) is 24.7 Å². The van der Waals surface area contributed by atoms with Gasteiger partial charge in [-0.15, -0.1) is 0 Å². The lowest BCUT2D eigenvalue weighted by Gasteiger charge is -2.48. The Morgan fingerprint density at radius 3 is 2.73 bits per heavy atom. The highest BCUT2D eigenvalue weighted by Crippen LogP contribution is 2.36. The van der Waals surface area contributed by atoms with E-state index in [0.29, 0.717) is 54.7 Å². The van der Waals surface area contributed by atoms with Gasteiger partial charge in [-0.1, -0.05) is 6.42 Å². The van der Waals surface area contributed by atoms with Crippen molar-refractivity contribution in [2.24, 2.45) is 5.92 Å². The molecule has 37 heavy (non-hydrogen) atoms. The summed E-state index contributed by atoms with van der Waals surface area (Å²) in [5, 5.41) is 24.3. The van der Waals surface area contributed by atoms with Crippen LogP contribution in [-0.4, -0.2) is 69.6 Å². The van der Waals surface area contributed by atoms with Gasteiger partial charge in [0.15, 0.2) is 5.82 Å². The average molecular weight is 503 g/mol. The number of nitrogens with zero attached hydrogens (tertiary/aromatic N) is 5. The van der Waals surface area contributed by atoms with Gasteiger partial charge in [0.25, 0.3) is 0 Å². The molecule has 0 amide bonds. The summed E-state index contributed by atoms with van der Waals surface area (Å²) in [5.41, 5.74) is 1.80. The summed E-state index contributed by atoms with van der Waals surface area (Å²) >= 11 is 0. The van der Waals surface area contributed by atoms with Gasteiger partial charge < -0.3 is 20.1 Å². The first kappa shape index (κ1) is 23.9. The summed E-state index contributed by atoms with van der Waals surface area (Å²) in [6.07, 6.45) is 6.32. The molecule has 10 nitrogen and oxygen atoms in total. The van der Waals surface area contributed by atoms with Crippen LogP contribution in [0.25, 0.3) is 10.9 Å². The fourth-order valence-electron chi connectivity index (χ4n) is 5.88. The quantitative estimate of drug-likeness (QED) is 0.396. The molecule has 0 aliphatic carbocycles. The Kier molecular flexibility index (Phi) is 6.81. The third-order valence-electron chi connectivity index (χ3n) is 7.75. The fraction of sp³-hybridized carbons (Fsp3) is 0.556. The van der Waals surface area contributed by atoms with E-state index >= 15 is 0 Å². The number of nitrogens with one attached hydrogen (secondary N) is 3. The summed E-state index contributed by atoms with van der Waals surface area (Å²) in [5.74, 6) is 3.29. The topological polar surface area (TPSA) is 124 Å². The molecule has 3 N–H and O–H groups in total. The van der Waals surface area contributed by atoms with E-state index in [9.17, 15) is 0 Å². The number of nitriles is 1. The van der Waals surface area contributed by atoms with Crippen LogP contribution in [0.1, 0.15) is 44.2 Å². The van der Waals surface area contributed by atoms with Crippen molar-refractivity contribution >= 4 is 28.5 Å². The first-order chi connectivity index (χ1) is 18.1. The van der Waals surface area contributed by atoms with Crippen molar-refractivity contribution in [1.29, 1.82) is 5.26 Å². The molecule has 3 aromatic rings. The van der Waals surface area contributed by atoms with Crippen LogP contribution in [0.15, 0.2) is 24.3 Å². The summed E-state index contributed by atoms with van der Waals surface area (Å²) in [7, 11) is 0. The molecule has 194 valence electrons. The lowest BCUT2D eigenvalue weighted by molar-refractivity contribution is -0.0508. The maximum Gasteiger partial charge on any atom is 0.225 e. The standard InChI is InChI=1S/C27H34N8O2/c1-17-10-25(34-33-17)31-26-23-7-6-22(37-16-18-14-36-15-18)13-24(23)30-27(32-26)29-19-11-20-4-2-5-21(12-19)35(20)9-3-8-28/h6-7,10,13,18-21H,2-5,9,11-12,14-16H2,1H3,(H3,29,30,31,32,33,34). The second-order valence-corrected chi connectivity index (χ2v) is 10.5. The monoisotopic (exact) mass is 502 g/mol. The molecule has 0 spiro atoms. The number of aromatic amines is 1. The molecule has 2 atom stereocenters. The number of anilines is 3. The highest BCUT2D eigenvalue weighted by Gasteiger charge is 2.38. The number of H-pyrrole nitrogens is 1. The number of aryl methyl sites for hydroxylation is 1. The minimum atomic E-state index is 0.296. The zero-order chi connectivity index (χ0) is 25.2. The van der Waals surface area contributed by atoms with Gasteiger partial charge in [0.2, 0.25) is 5.95 Å². The minimum Gasteiger partial charge on any atom is -0.493 e. The lowest BCUT2D eigenvalue weighted by Crippen LogP contribution is -2.55. The molecule has 0 radical (unpaired) electrons. The van der Waals surface area contributed by atoms with Gasteiger partial charge in [-0.25, -0.2) is 4.98 Å². The van der Waals surface area contributed by atoms with E-state index in [-0.39, 0.29) is 0 Å². The molecule has 1 aromatic carbocycles. The predicted molar refractivity (Wildman–Crippen MR) is 141 cm³/mol. The Balaban J connectivity index is 1.25. The Labute approximate surface area is 216 Å². The zero-order valence-corrected chi connectivity index (χ0v) is 21.2.